The zero-order valence-electron chi connectivity index (χ0n) is 17.6. The monoisotopic (exact) mass is 407 g/mol. The Labute approximate surface area is 177 Å². The van der Waals surface area contributed by atoms with E-state index in [9.17, 15) is 0 Å². The lowest BCUT2D eigenvalue weighted by Crippen LogP contribution is -2.19. The number of ether oxygens (including phenoxy) is 3. The summed E-state index contributed by atoms with van der Waals surface area (Å²) in [4.78, 5) is 2.49. The first kappa shape index (κ1) is 20.3. The number of rotatable bonds is 9. The molecule has 158 valence electrons. The SMILES string of the molecule is COc1ccc(OCCc2cc([C@@H]3CCN(Cc4cccc(OC)c4)C3)n[nH]2)cc1. The second-order valence-corrected chi connectivity index (χ2v) is 7.66. The Balaban J connectivity index is 1.25. The van der Waals surface area contributed by atoms with Gasteiger partial charge in [-0.15, -0.1) is 0 Å². The normalized spacial score (nSPS) is 16.5. The van der Waals surface area contributed by atoms with Gasteiger partial charge in [-0.05, 0) is 61.0 Å². The quantitative estimate of drug-likeness (QED) is 0.580. The molecule has 1 fully saturated rings. The highest BCUT2D eigenvalue weighted by Crippen LogP contribution is 2.28. The zero-order valence-corrected chi connectivity index (χ0v) is 17.6. The number of aromatic nitrogens is 2. The number of H-pyrrole nitrogens is 1. The van der Waals surface area contributed by atoms with Crippen molar-refractivity contribution in [2.24, 2.45) is 0 Å². The number of hydrogen-bond donors (Lipinski definition) is 1. The first-order chi connectivity index (χ1) is 14.7. The van der Waals surface area contributed by atoms with Crippen LogP contribution in [0, 0.1) is 0 Å². The molecule has 1 N–H and O–H groups in total. The Morgan fingerprint density at radius 3 is 2.60 bits per heavy atom. The van der Waals surface area contributed by atoms with Gasteiger partial charge in [-0.3, -0.25) is 10.00 Å². The van der Waals surface area contributed by atoms with Gasteiger partial charge in [-0.25, -0.2) is 0 Å². The third-order valence-corrected chi connectivity index (χ3v) is 5.58. The molecule has 0 radical (unpaired) electrons. The fourth-order valence-electron chi connectivity index (χ4n) is 3.91. The molecule has 4 rings (SSSR count). The largest absolute Gasteiger partial charge is 0.497 e. The lowest BCUT2D eigenvalue weighted by Gasteiger charge is -2.16. The first-order valence-electron chi connectivity index (χ1n) is 10.4. The van der Waals surface area contributed by atoms with E-state index >= 15 is 0 Å². The predicted molar refractivity (Wildman–Crippen MR) is 116 cm³/mol. The molecular formula is C24H29N3O3. The van der Waals surface area contributed by atoms with Crippen molar-refractivity contribution in [2.75, 3.05) is 33.9 Å². The lowest BCUT2D eigenvalue weighted by atomic mass is 10.0. The molecule has 0 bridgehead atoms. The van der Waals surface area contributed by atoms with E-state index in [1.54, 1.807) is 14.2 Å². The van der Waals surface area contributed by atoms with Gasteiger partial charge in [0, 0.05) is 31.1 Å². The molecule has 6 heteroatoms. The Morgan fingerprint density at radius 2 is 1.80 bits per heavy atom. The van der Waals surface area contributed by atoms with Gasteiger partial charge in [0.15, 0.2) is 0 Å². The minimum atomic E-state index is 0.475. The molecule has 6 nitrogen and oxygen atoms in total. The van der Waals surface area contributed by atoms with Crippen molar-refractivity contribution in [3.05, 3.63) is 71.5 Å². The van der Waals surface area contributed by atoms with Crippen molar-refractivity contribution >= 4 is 0 Å². The third-order valence-electron chi connectivity index (χ3n) is 5.58. The molecule has 1 aliphatic heterocycles. The van der Waals surface area contributed by atoms with Crippen LogP contribution in [0.25, 0.3) is 0 Å². The van der Waals surface area contributed by atoms with Crippen LogP contribution >= 0.6 is 0 Å². The van der Waals surface area contributed by atoms with E-state index in [0.717, 1.165) is 61.1 Å². The lowest BCUT2D eigenvalue weighted by molar-refractivity contribution is 0.319. The standard InChI is InChI=1S/C24H29N3O3/c1-28-21-6-8-22(9-7-21)30-13-11-20-15-24(26-25-20)19-10-12-27(17-19)16-18-4-3-5-23(14-18)29-2/h3-9,14-15,19H,10-13,16-17H2,1-2H3,(H,25,26)/t19-/m1/s1. The van der Waals surface area contributed by atoms with Gasteiger partial charge in [0.1, 0.15) is 17.2 Å². The summed E-state index contributed by atoms with van der Waals surface area (Å²) in [6.45, 7) is 3.68. The molecular weight excluding hydrogens is 378 g/mol. The second kappa shape index (κ2) is 9.67. The Bertz CT molecular complexity index is 939. The summed E-state index contributed by atoms with van der Waals surface area (Å²) in [5, 5.41) is 7.75. The highest BCUT2D eigenvalue weighted by atomic mass is 16.5. The van der Waals surface area contributed by atoms with Gasteiger partial charge in [-0.2, -0.15) is 5.10 Å². The minimum Gasteiger partial charge on any atom is -0.497 e. The van der Waals surface area contributed by atoms with Crippen molar-refractivity contribution in [3.8, 4) is 17.2 Å². The number of methoxy groups -OCH3 is 2. The smallest absolute Gasteiger partial charge is 0.119 e. The maximum absolute atomic E-state index is 5.82. The van der Waals surface area contributed by atoms with Gasteiger partial charge >= 0.3 is 0 Å². The van der Waals surface area contributed by atoms with Gasteiger partial charge in [-0.1, -0.05) is 12.1 Å². The molecule has 1 saturated heterocycles. The van der Waals surface area contributed by atoms with Crippen molar-refractivity contribution < 1.29 is 14.2 Å². The molecule has 1 aliphatic rings. The summed E-state index contributed by atoms with van der Waals surface area (Å²) in [5.41, 5.74) is 3.56. The number of hydrogen-bond acceptors (Lipinski definition) is 5. The van der Waals surface area contributed by atoms with Gasteiger partial charge in [0.2, 0.25) is 0 Å². The van der Waals surface area contributed by atoms with Gasteiger partial charge in [0.05, 0.1) is 26.5 Å². The summed E-state index contributed by atoms with van der Waals surface area (Å²) in [7, 11) is 3.37. The van der Waals surface area contributed by atoms with E-state index in [4.69, 9.17) is 14.2 Å². The molecule has 0 spiro atoms. The Kier molecular flexibility index (Phi) is 6.54. The molecule has 30 heavy (non-hydrogen) atoms. The molecule has 0 saturated carbocycles. The van der Waals surface area contributed by atoms with Crippen LogP contribution in [0.15, 0.2) is 54.6 Å². The van der Waals surface area contributed by atoms with Crippen LogP contribution in [-0.2, 0) is 13.0 Å². The summed E-state index contributed by atoms with van der Waals surface area (Å²) >= 11 is 0. The summed E-state index contributed by atoms with van der Waals surface area (Å²) < 4.78 is 16.3. The number of nitrogens with one attached hydrogen (secondary N) is 1. The average molecular weight is 408 g/mol. The average Bonchev–Trinajstić information content (AvgIpc) is 3.44. The van der Waals surface area contributed by atoms with Crippen LogP contribution in [0.3, 0.4) is 0 Å². The van der Waals surface area contributed by atoms with Crippen molar-refractivity contribution in [1.82, 2.24) is 15.1 Å². The molecule has 0 aliphatic carbocycles. The first-order valence-corrected chi connectivity index (χ1v) is 10.4. The molecule has 0 unspecified atom stereocenters. The van der Waals surface area contributed by atoms with E-state index in [1.165, 1.54) is 5.56 Å². The fourth-order valence-corrected chi connectivity index (χ4v) is 3.91. The topological polar surface area (TPSA) is 59.6 Å². The molecule has 1 atom stereocenters. The van der Waals surface area contributed by atoms with Crippen molar-refractivity contribution in [1.29, 1.82) is 0 Å². The maximum Gasteiger partial charge on any atom is 0.119 e. The van der Waals surface area contributed by atoms with Crippen LogP contribution in [0.4, 0.5) is 0 Å². The van der Waals surface area contributed by atoms with Crippen LogP contribution in [0.1, 0.15) is 29.3 Å². The highest BCUT2D eigenvalue weighted by molar-refractivity contribution is 5.31. The fraction of sp³-hybridized carbons (Fsp3) is 0.375. The number of benzene rings is 2. The Morgan fingerprint density at radius 1 is 1.00 bits per heavy atom. The van der Waals surface area contributed by atoms with Crippen molar-refractivity contribution in [3.63, 3.8) is 0 Å². The Hall–Kier alpha value is -2.99. The van der Waals surface area contributed by atoms with E-state index in [0.29, 0.717) is 12.5 Å². The molecule has 2 heterocycles. The van der Waals surface area contributed by atoms with Crippen LogP contribution in [0.2, 0.25) is 0 Å². The van der Waals surface area contributed by atoms with E-state index in [-0.39, 0.29) is 0 Å². The molecule has 0 amide bonds. The number of likely N-dealkylation sites (tertiary alicyclic amines) is 1. The second-order valence-electron chi connectivity index (χ2n) is 7.66. The van der Waals surface area contributed by atoms with Crippen molar-refractivity contribution in [2.45, 2.75) is 25.3 Å². The van der Waals surface area contributed by atoms with E-state index in [2.05, 4.69) is 39.4 Å². The summed E-state index contributed by atoms with van der Waals surface area (Å²) in [5.74, 6) is 3.07. The van der Waals surface area contributed by atoms with E-state index < -0.39 is 0 Å². The number of nitrogens with zero attached hydrogens (tertiary/aromatic N) is 2. The number of aromatic amines is 1. The summed E-state index contributed by atoms with van der Waals surface area (Å²) in [6, 6.07) is 18.2. The minimum absolute atomic E-state index is 0.475. The third kappa shape index (κ3) is 5.13. The van der Waals surface area contributed by atoms with Gasteiger partial charge < -0.3 is 14.2 Å². The van der Waals surface area contributed by atoms with Crippen LogP contribution in [0.5, 0.6) is 17.2 Å². The van der Waals surface area contributed by atoms with Gasteiger partial charge in [0.25, 0.3) is 0 Å². The van der Waals surface area contributed by atoms with E-state index in [1.807, 2.05) is 30.3 Å². The molecule has 3 aromatic rings. The summed E-state index contributed by atoms with van der Waals surface area (Å²) in [6.07, 6.45) is 1.94. The zero-order chi connectivity index (χ0) is 20.8. The molecule has 2 aromatic carbocycles. The maximum atomic E-state index is 5.82. The van der Waals surface area contributed by atoms with Crippen LogP contribution < -0.4 is 14.2 Å². The highest BCUT2D eigenvalue weighted by Gasteiger charge is 2.25. The molecule has 1 aromatic heterocycles. The van der Waals surface area contributed by atoms with Crippen LogP contribution in [-0.4, -0.2) is 49.0 Å². The predicted octanol–water partition coefficient (Wildman–Crippen LogP) is 4.04.